The Labute approximate surface area is 218 Å². The Balaban J connectivity index is 0.000000371. The molecule has 182 valence electrons. The molecule has 0 saturated heterocycles. The van der Waals surface area contributed by atoms with E-state index in [1.165, 1.54) is 0 Å². The molecule has 0 spiro atoms. The molecule has 6 heteroatoms. The van der Waals surface area contributed by atoms with E-state index in [1.807, 2.05) is 104 Å². The molecule has 0 radical (unpaired) electrons. The van der Waals surface area contributed by atoms with Gasteiger partial charge in [-0.2, -0.15) is 0 Å². The summed E-state index contributed by atoms with van der Waals surface area (Å²) < 4.78 is 2.03. The first-order valence-electron chi connectivity index (χ1n) is 11.7. The average Bonchev–Trinajstić information content (AvgIpc) is 3.30. The van der Waals surface area contributed by atoms with Gasteiger partial charge in [0.2, 0.25) is 0 Å². The molecule has 35 heavy (non-hydrogen) atoms. The predicted molar refractivity (Wildman–Crippen MR) is 153 cm³/mol. The van der Waals surface area contributed by atoms with E-state index in [1.54, 1.807) is 13.3 Å². The van der Waals surface area contributed by atoms with Crippen LogP contribution in [0.5, 0.6) is 0 Å². The molecule has 0 aliphatic rings. The van der Waals surface area contributed by atoms with Crippen LogP contribution in [0.3, 0.4) is 0 Å². The fourth-order valence-electron chi connectivity index (χ4n) is 3.30. The Kier molecular flexibility index (Phi) is 12.0. The predicted octanol–water partition coefficient (Wildman–Crippen LogP) is 8.78. The molecule has 0 atom stereocenters. The summed E-state index contributed by atoms with van der Waals surface area (Å²) in [5.74, 6) is 0.922. The molecule has 0 amide bonds. The summed E-state index contributed by atoms with van der Waals surface area (Å²) in [6.45, 7) is 8.05. The molecule has 0 fully saturated rings. The minimum absolute atomic E-state index is 0.708. The molecule has 0 N–H and O–H groups in total. The second-order valence-corrected chi connectivity index (χ2v) is 7.95. The van der Waals surface area contributed by atoms with Crippen molar-refractivity contribution in [1.82, 2.24) is 14.6 Å². The van der Waals surface area contributed by atoms with Gasteiger partial charge in [-0.1, -0.05) is 92.5 Å². The number of nitrogens with zero attached hydrogens (tertiary/aromatic N) is 4. The van der Waals surface area contributed by atoms with Gasteiger partial charge in [0.05, 0.1) is 0 Å². The van der Waals surface area contributed by atoms with Crippen molar-refractivity contribution in [2.45, 2.75) is 34.1 Å². The first-order valence-corrected chi connectivity index (χ1v) is 12.4. The number of hydrogen-bond donors (Lipinski definition) is 0. The van der Waals surface area contributed by atoms with Crippen molar-refractivity contribution in [3.63, 3.8) is 0 Å². The third-order valence-corrected chi connectivity index (χ3v) is 5.48. The van der Waals surface area contributed by atoms with Crippen molar-refractivity contribution in [2.24, 2.45) is 4.99 Å². The lowest BCUT2D eigenvalue weighted by Crippen LogP contribution is -1.96. The van der Waals surface area contributed by atoms with Gasteiger partial charge < -0.3 is 0 Å². The first-order chi connectivity index (χ1) is 17.1. The molecule has 4 rings (SSSR count). The van der Waals surface area contributed by atoms with Gasteiger partial charge in [0.15, 0.2) is 5.65 Å². The molecular formula is C29H32Cl2N4. The standard InChI is InChI=1S/C20H15Cl2N3.C7H11N.C2H6/c1-2-19-23-24-20-11-16(13-7-9-14(21)10-8-13)17(12-25(19)20)15-5-3-4-6-18(15)22;1-3-4-5-6-7-8-2;1-2/h3-12H,2H2,1H3;3-7H,1-2H3;1-2H3/b;4-3+,6-5-,8-7?;. The third kappa shape index (κ3) is 7.64. The maximum atomic E-state index is 6.48. The van der Waals surface area contributed by atoms with Crippen molar-refractivity contribution in [3.05, 3.63) is 101 Å². The first kappa shape index (κ1) is 28.0. The maximum Gasteiger partial charge on any atom is 0.161 e. The molecule has 2 aromatic carbocycles. The largest absolute Gasteiger partial charge is 0.297 e. The Bertz CT molecular complexity index is 1270. The minimum Gasteiger partial charge on any atom is -0.297 e. The molecule has 0 unspecified atom stereocenters. The number of pyridine rings is 1. The third-order valence-electron chi connectivity index (χ3n) is 4.90. The fraction of sp³-hybridized carbons (Fsp3) is 0.207. The summed E-state index contributed by atoms with van der Waals surface area (Å²) >= 11 is 12.5. The SMILES string of the molecule is C/C=C/C=C\C=NC.CC.CCc1nnc2cc(-c3ccc(Cl)cc3)c(-c3ccccc3Cl)cn12. The van der Waals surface area contributed by atoms with Gasteiger partial charge in [-0.25, -0.2) is 0 Å². The number of aromatic nitrogens is 3. The van der Waals surface area contributed by atoms with Crippen molar-refractivity contribution in [3.8, 4) is 22.3 Å². The highest BCUT2D eigenvalue weighted by molar-refractivity contribution is 6.33. The van der Waals surface area contributed by atoms with Crippen LogP contribution < -0.4 is 0 Å². The van der Waals surface area contributed by atoms with E-state index in [0.717, 1.165) is 40.1 Å². The summed E-state index contributed by atoms with van der Waals surface area (Å²) in [4.78, 5) is 3.76. The van der Waals surface area contributed by atoms with Gasteiger partial charge >= 0.3 is 0 Å². The molecule has 4 aromatic rings. The second-order valence-electron chi connectivity index (χ2n) is 7.10. The van der Waals surface area contributed by atoms with Gasteiger partial charge in [-0.05, 0) is 48.4 Å². The zero-order valence-electron chi connectivity index (χ0n) is 20.9. The normalized spacial score (nSPS) is 11.1. The van der Waals surface area contributed by atoms with Crippen molar-refractivity contribution < 1.29 is 0 Å². The van der Waals surface area contributed by atoms with Crippen molar-refractivity contribution >= 4 is 35.1 Å². The van der Waals surface area contributed by atoms with E-state index in [9.17, 15) is 0 Å². The Morgan fingerprint density at radius 3 is 2.23 bits per heavy atom. The Morgan fingerprint density at radius 2 is 1.60 bits per heavy atom. The van der Waals surface area contributed by atoms with Gasteiger partial charge in [-0.3, -0.25) is 9.39 Å². The van der Waals surface area contributed by atoms with E-state index in [2.05, 4.69) is 28.3 Å². The van der Waals surface area contributed by atoms with Crippen LogP contribution in [0, 0.1) is 0 Å². The quantitative estimate of drug-likeness (QED) is 0.200. The number of hydrogen-bond acceptors (Lipinski definition) is 3. The monoisotopic (exact) mass is 506 g/mol. The number of rotatable bonds is 5. The van der Waals surface area contributed by atoms with Crippen LogP contribution in [0.25, 0.3) is 27.9 Å². The summed E-state index contributed by atoms with van der Waals surface area (Å²) in [6, 6.07) is 17.7. The zero-order valence-corrected chi connectivity index (χ0v) is 22.4. The number of halogens is 2. The van der Waals surface area contributed by atoms with Gasteiger partial charge in [-0.15, -0.1) is 10.2 Å². The smallest absolute Gasteiger partial charge is 0.161 e. The highest BCUT2D eigenvalue weighted by atomic mass is 35.5. The fourth-order valence-corrected chi connectivity index (χ4v) is 3.66. The number of fused-ring (bicyclic) bond motifs is 1. The van der Waals surface area contributed by atoms with E-state index < -0.39 is 0 Å². The van der Waals surface area contributed by atoms with Crippen LogP contribution in [0.15, 0.2) is 90.1 Å². The highest BCUT2D eigenvalue weighted by Crippen LogP contribution is 2.37. The topological polar surface area (TPSA) is 42.5 Å². The van der Waals surface area contributed by atoms with E-state index >= 15 is 0 Å². The van der Waals surface area contributed by atoms with Gasteiger partial charge in [0, 0.05) is 47.1 Å². The van der Waals surface area contributed by atoms with Gasteiger partial charge in [0.25, 0.3) is 0 Å². The maximum absolute atomic E-state index is 6.48. The average molecular weight is 508 g/mol. The van der Waals surface area contributed by atoms with E-state index in [0.29, 0.717) is 10.0 Å². The van der Waals surface area contributed by atoms with Crippen molar-refractivity contribution in [2.75, 3.05) is 7.05 Å². The molecule has 0 aliphatic heterocycles. The molecule has 0 saturated carbocycles. The zero-order chi connectivity index (χ0) is 25.6. The van der Waals surface area contributed by atoms with Crippen LogP contribution in [-0.2, 0) is 6.42 Å². The van der Waals surface area contributed by atoms with E-state index in [-0.39, 0.29) is 0 Å². The molecule has 2 aromatic heterocycles. The second kappa shape index (κ2) is 14.9. The minimum atomic E-state index is 0.708. The number of aliphatic imine (C=N–C) groups is 1. The Hall–Kier alpha value is -3.21. The number of allylic oxidation sites excluding steroid dienone is 4. The highest BCUT2D eigenvalue weighted by Gasteiger charge is 2.14. The molecular weight excluding hydrogens is 475 g/mol. The van der Waals surface area contributed by atoms with Crippen LogP contribution in [-0.4, -0.2) is 27.9 Å². The Morgan fingerprint density at radius 1 is 0.886 bits per heavy atom. The lowest BCUT2D eigenvalue weighted by atomic mass is 9.96. The number of aryl methyl sites for hydroxylation is 1. The summed E-state index contributed by atoms with van der Waals surface area (Å²) in [6.07, 6.45) is 12.4. The summed E-state index contributed by atoms with van der Waals surface area (Å²) in [7, 11) is 1.75. The summed E-state index contributed by atoms with van der Waals surface area (Å²) in [5.41, 5.74) is 4.94. The van der Waals surface area contributed by atoms with Crippen LogP contribution >= 0.6 is 23.2 Å². The number of benzene rings is 2. The molecule has 2 heterocycles. The summed E-state index contributed by atoms with van der Waals surface area (Å²) in [5, 5.41) is 10.0. The lowest BCUT2D eigenvalue weighted by Gasteiger charge is -2.13. The molecule has 0 bridgehead atoms. The molecule has 4 nitrogen and oxygen atoms in total. The van der Waals surface area contributed by atoms with Crippen molar-refractivity contribution in [1.29, 1.82) is 0 Å². The van der Waals surface area contributed by atoms with Gasteiger partial charge in [0.1, 0.15) is 5.82 Å². The molecule has 0 aliphatic carbocycles. The lowest BCUT2D eigenvalue weighted by molar-refractivity contribution is 0.910. The van der Waals surface area contributed by atoms with Crippen LogP contribution in [0.2, 0.25) is 10.0 Å². The van der Waals surface area contributed by atoms with Crippen LogP contribution in [0.1, 0.15) is 33.5 Å². The van der Waals surface area contributed by atoms with E-state index in [4.69, 9.17) is 23.2 Å². The van der Waals surface area contributed by atoms with Crippen LogP contribution in [0.4, 0.5) is 0 Å².